The summed E-state index contributed by atoms with van der Waals surface area (Å²) < 4.78 is 5.12. The molecule has 0 aromatic heterocycles. The number of ether oxygens (including phenoxy) is 1. The van der Waals surface area contributed by atoms with E-state index in [0.29, 0.717) is 12.5 Å². The molecule has 1 saturated carbocycles. The lowest BCUT2D eigenvalue weighted by Gasteiger charge is -2.07. The van der Waals surface area contributed by atoms with Crippen molar-refractivity contribution in [3.05, 3.63) is 0 Å². The summed E-state index contributed by atoms with van der Waals surface area (Å²) >= 11 is 0. The first-order valence-corrected chi connectivity index (χ1v) is 5.01. The molecule has 86 valence electrons. The second-order valence-electron chi connectivity index (χ2n) is 4.85. The Labute approximate surface area is 90.0 Å². The van der Waals surface area contributed by atoms with Crippen molar-refractivity contribution in [3.8, 4) is 0 Å². The molecule has 0 radical (unpaired) electrons. The van der Waals surface area contributed by atoms with Crippen LogP contribution in [0.2, 0.25) is 0 Å². The van der Waals surface area contributed by atoms with E-state index < -0.39 is 0 Å². The standard InChI is InChI=1S/C10H18O2.CO2/c1-7(2)6-12-9(11)8-5-10(8,3)4;2-1-3/h7-8H,5-6H2,1-4H3;. The molecular formula is C11H18O4. The lowest BCUT2D eigenvalue weighted by molar-refractivity contribution is -0.191. The molecule has 4 nitrogen and oxygen atoms in total. The molecule has 0 amide bonds. The van der Waals surface area contributed by atoms with Gasteiger partial charge in [-0.1, -0.05) is 27.7 Å². The molecule has 1 rings (SSSR count). The van der Waals surface area contributed by atoms with Crippen molar-refractivity contribution in [1.82, 2.24) is 0 Å². The number of hydrogen-bond acceptors (Lipinski definition) is 4. The Bertz CT molecular complexity index is 249. The van der Waals surface area contributed by atoms with Gasteiger partial charge in [-0.3, -0.25) is 4.79 Å². The Morgan fingerprint density at radius 1 is 1.47 bits per heavy atom. The van der Waals surface area contributed by atoms with E-state index in [4.69, 9.17) is 14.3 Å². The highest BCUT2D eigenvalue weighted by atomic mass is 16.5. The molecule has 1 unspecified atom stereocenters. The van der Waals surface area contributed by atoms with Gasteiger partial charge in [0.25, 0.3) is 0 Å². The zero-order valence-electron chi connectivity index (χ0n) is 9.70. The Kier molecular flexibility index (Phi) is 5.23. The minimum Gasteiger partial charge on any atom is -0.465 e. The second-order valence-corrected chi connectivity index (χ2v) is 4.85. The van der Waals surface area contributed by atoms with Gasteiger partial charge in [-0.2, -0.15) is 9.59 Å². The van der Waals surface area contributed by atoms with E-state index in [1.807, 2.05) is 13.8 Å². The maximum Gasteiger partial charge on any atom is 0.373 e. The van der Waals surface area contributed by atoms with Gasteiger partial charge >= 0.3 is 12.1 Å². The molecule has 4 heteroatoms. The monoisotopic (exact) mass is 214 g/mol. The van der Waals surface area contributed by atoms with Gasteiger partial charge in [0, 0.05) is 0 Å². The van der Waals surface area contributed by atoms with Gasteiger partial charge < -0.3 is 4.74 Å². The molecule has 1 aliphatic rings. The van der Waals surface area contributed by atoms with Crippen LogP contribution in [0.25, 0.3) is 0 Å². The largest absolute Gasteiger partial charge is 0.465 e. The molecule has 0 bridgehead atoms. The second kappa shape index (κ2) is 5.66. The summed E-state index contributed by atoms with van der Waals surface area (Å²) in [7, 11) is 0. The predicted molar refractivity (Wildman–Crippen MR) is 52.7 cm³/mol. The van der Waals surface area contributed by atoms with Gasteiger partial charge in [-0.15, -0.1) is 0 Å². The topological polar surface area (TPSA) is 60.4 Å². The van der Waals surface area contributed by atoms with E-state index in [9.17, 15) is 4.79 Å². The zero-order chi connectivity index (χ0) is 12.1. The number of esters is 1. The Balaban J connectivity index is 0.000000583. The van der Waals surface area contributed by atoms with E-state index >= 15 is 0 Å². The molecule has 0 aromatic rings. The quantitative estimate of drug-likeness (QED) is 0.670. The van der Waals surface area contributed by atoms with Crippen molar-refractivity contribution in [2.24, 2.45) is 17.3 Å². The minimum absolute atomic E-state index is 0.00583. The number of carbonyl (C=O) groups is 1. The summed E-state index contributed by atoms with van der Waals surface area (Å²) in [5.74, 6) is 0.598. The van der Waals surface area contributed by atoms with Crippen LogP contribution in [-0.4, -0.2) is 18.7 Å². The van der Waals surface area contributed by atoms with Gasteiger partial charge in [-0.05, 0) is 17.8 Å². The van der Waals surface area contributed by atoms with Gasteiger partial charge in [-0.25, -0.2) is 0 Å². The molecule has 0 saturated heterocycles. The maximum atomic E-state index is 11.3. The fraction of sp³-hybridized carbons (Fsp3) is 0.818. The first kappa shape index (κ1) is 13.8. The van der Waals surface area contributed by atoms with Crippen LogP contribution < -0.4 is 0 Å². The molecular weight excluding hydrogens is 196 g/mol. The van der Waals surface area contributed by atoms with Crippen LogP contribution in [0.5, 0.6) is 0 Å². The van der Waals surface area contributed by atoms with Crippen LogP contribution in [0.3, 0.4) is 0 Å². The van der Waals surface area contributed by atoms with Gasteiger partial charge in [0.05, 0.1) is 12.5 Å². The van der Waals surface area contributed by atoms with Crippen LogP contribution in [0, 0.1) is 17.3 Å². The number of hydrogen-bond donors (Lipinski definition) is 0. The molecule has 0 aliphatic heterocycles. The molecule has 1 atom stereocenters. The average Bonchev–Trinajstić information content (AvgIpc) is 2.72. The van der Waals surface area contributed by atoms with E-state index in [1.165, 1.54) is 0 Å². The highest BCUT2D eigenvalue weighted by Gasteiger charge is 2.51. The Morgan fingerprint density at radius 3 is 2.13 bits per heavy atom. The summed E-state index contributed by atoms with van der Waals surface area (Å²) in [5, 5.41) is 0. The third kappa shape index (κ3) is 5.33. The summed E-state index contributed by atoms with van der Waals surface area (Å²) in [4.78, 5) is 27.6. The van der Waals surface area contributed by atoms with Crippen molar-refractivity contribution in [1.29, 1.82) is 0 Å². The molecule has 0 N–H and O–H groups in total. The summed E-state index contributed by atoms with van der Waals surface area (Å²) in [5.41, 5.74) is 0.202. The normalized spacial score (nSPS) is 21.0. The van der Waals surface area contributed by atoms with Crippen molar-refractivity contribution < 1.29 is 19.1 Å². The smallest absolute Gasteiger partial charge is 0.373 e. The fourth-order valence-corrected chi connectivity index (χ4v) is 1.22. The Morgan fingerprint density at radius 2 is 1.87 bits per heavy atom. The van der Waals surface area contributed by atoms with Crippen LogP contribution in [-0.2, 0) is 19.1 Å². The van der Waals surface area contributed by atoms with Crippen molar-refractivity contribution >= 4 is 12.1 Å². The summed E-state index contributed by atoms with van der Waals surface area (Å²) in [6.07, 6.45) is 1.24. The Hall–Kier alpha value is -1.15. The highest BCUT2D eigenvalue weighted by molar-refractivity contribution is 5.76. The molecule has 1 fully saturated rings. The summed E-state index contributed by atoms with van der Waals surface area (Å²) in [6, 6.07) is 0. The highest BCUT2D eigenvalue weighted by Crippen LogP contribution is 2.52. The fourth-order valence-electron chi connectivity index (χ4n) is 1.22. The van der Waals surface area contributed by atoms with E-state index in [-0.39, 0.29) is 23.5 Å². The average molecular weight is 214 g/mol. The zero-order valence-corrected chi connectivity index (χ0v) is 9.70. The van der Waals surface area contributed by atoms with Gasteiger partial charge in [0.1, 0.15) is 0 Å². The lowest BCUT2D eigenvalue weighted by Crippen LogP contribution is -2.13. The van der Waals surface area contributed by atoms with E-state index in [1.54, 1.807) is 0 Å². The van der Waals surface area contributed by atoms with Gasteiger partial charge in [0.15, 0.2) is 0 Å². The number of carbonyl (C=O) groups excluding carboxylic acids is 3. The van der Waals surface area contributed by atoms with Gasteiger partial charge in [0.2, 0.25) is 0 Å². The molecule has 1 aliphatic carbocycles. The molecule has 0 spiro atoms. The van der Waals surface area contributed by atoms with Crippen molar-refractivity contribution in [2.45, 2.75) is 34.1 Å². The van der Waals surface area contributed by atoms with Crippen molar-refractivity contribution in [3.63, 3.8) is 0 Å². The van der Waals surface area contributed by atoms with E-state index in [0.717, 1.165) is 6.42 Å². The van der Waals surface area contributed by atoms with Crippen molar-refractivity contribution in [2.75, 3.05) is 6.61 Å². The van der Waals surface area contributed by atoms with Crippen LogP contribution in [0.1, 0.15) is 34.1 Å². The van der Waals surface area contributed by atoms with Crippen LogP contribution in [0.4, 0.5) is 0 Å². The van der Waals surface area contributed by atoms with Crippen LogP contribution >= 0.6 is 0 Å². The molecule has 0 aromatic carbocycles. The third-order valence-corrected chi connectivity index (χ3v) is 2.36. The summed E-state index contributed by atoms with van der Waals surface area (Å²) in [6.45, 7) is 8.87. The number of rotatable bonds is 3. The first-order valence-electron chi connectivity index (χ1n) is 5.01. The van der Waals surface area contributed by atoms with E-state index in [2.05, 4.69) is 13.8 Å². The minimum atomic E-state index is -0.00583. The maximum absolute atomic E-state index is 11.3. The predicted octanol–water partition coefficient (Wildman–Crippen LogP) is 1.65. The third-order valence-electron chi connectivity index (χ3n) is 2.36. The lowest BCUT2D eigenvalue weighted by atomic mass is 10.1. The van der Waals surface area contributed by atoms with Crippen LogP contribution in [0.15, 0.2) is 0 Å². The SMILES string of the molecule is CC(C)COC(=O)C1CC1(C)C.O=C=O. The first-order chi connectivity index (χ1) is 6.85. The molecule has 0 heterocycles. The molecule has 15 heavy (non-hydrogen) atoms.